The molecular formula is C26H36N10O6. The predicted molar refractivity (Wildman–Crippen MR) is 153 cm³/mol. The van der Waals surface area contributed by atoms with Crippen molar-refractivity contribution in [1.82, 2.24) is 30.9 Å². The number of aliphatic hydroxyl groups excluding tert-OH is 1. The number of hydrogen-bond donors (Lipinski definition) is 10. The number of carboxylic acid groups (broad SMARTS) is 1. The van der Waals surface area contributed by atoms with Gasteiger partial charge in [0.25, 0.3) is 0 Å². The van der Waals surface area contributed by atoms with Crippen LogP contribution in [-0.2, 0) is 32.0 Å². The number of imidazole rings is 1. The molecule has 2 aromatic heterocycles. The molecule has 3 aromatic rings. The molecule has 16 heteroatoms. The summed E-state index contributed by atoms with van der Waals surface area (Å²) in [7, 11) is 0. The minimum absolute atomic E-state index is 0.00320. The molecule has 0 saturated heterocycles. The van der Waals surface area contributed by atoms with Gasteiger partial charge in [-0.05, 0) is 30.9 Å². The molecule has 2 heterocycles. The maximum absolute atomic E-state index is 13.2. The number of guanidine groups is 1. The van der Waals surface area contributed by atoms with Gasteiger partial charge >= 0.3 is 5.97 Å². The zero-order valence-electron chi connectivity index (χ0n) is 22.7. The largest absolute Gasteiger partial charge is 0.480 e. The number of aromatic nitrogens is 3. The number of aliphatic carboxylic acids is 1. The second-order valence-corrected chi connectivity index (χ2v) is 9.60. The molecule has 42 heavy (non-hydrogen) atoms. The summed E-state index contributed by atoms with van der Waals surface area (Å²) in [6.45, 7) is -0.678. The average molecular weight is 585 g/mol. The van der Waals surface area contributed by atoms with Crippen molar-refractivity contribution < 1.29 is 29.4 Å². The minimum Gasteiger partial charge on any atom is -0.480 e. The van der Waals surface area contributed by atoms with Crippen LogP contribution in [0.15, 0.2) is 48.0 Å². The Labute approximate surface area is 240 Å². The lowest BCUT2D eigenvalue weighted by molar-refractivity contribution is -0.142. The summed E-state index contributed by atoms with van der Waals surface area (Å²) in [4.78, 5) is 64.3. The first-order valence-electron chi connectivity index (χ1n) is 13.2. The van der Waals surface area contributed by atoms with E-state index in [0.717, 1.165) is 16.5 Å². The third-order valence-electron chi connectivity index (χ3n) is 6.44. The highest BCUT2D eigenvalue weighted by atomic mass is 16.4. The summed E-state index contributed by atoms with van der Waals surface area (Å²) < 4.78 is 0. The topological polar surface area (TPSA) is 280 Å². The van der Waals surface area contributed by atoms with E-state index < -0.39 is 54.5 Å². The second kappa shape index (κ2) is 15.2. The van der Waals surface area contributed by atoms with Crippen molar-refractivity contribution in [3.63, 3.8) is 0 Å². The average Bonchev–Trinajstić information content (AvgIpc) is 3.62. The molecule has 0 aliphatic heterocycles. The summed E-state index contributed by atoms with van der Waals surface area (Å²) >= 11 is 0. The van der Waals surface area contributed by atoms with Crippen LogP contribution in [0.25, 0.3) is 10.9 Å². The normalized spacial score (nSPS) is 13.9. The van der Waals surface area contributed by atoms with Crippen molar-refractivity contribution in [2.45, 2.75) is 49.9 Å². The number of hydrogen-bond acceptors (Lipinski definition) is 8. The van der Waals surface area contributed by atoms with Crippen molar-refractivity contribution in [2.24, 2.45) is 22.2 Å². The van der Waals surface area contributed by atoms with Crippen LogP contribution in [0.2, 0.25) is 0 Å². The summed E-state index contributed by atoms with van der Waals surface area (Å²) in [5.41, 5.74) is 18.9. The van der Waals surface area contributed by atoms with Gasteiger partial charge in [-0.1, -0.05) is 18.2 Å². The lowest BCUT2D eigenvalue weighted by Crippen LogP contribution is -2.58. The molecule has 0 spiro atoms. The highest BCUT2D eigenvalue weighted by Gasteiger charge is 2.30. The van der Waals surface area contributed by atoms with E-state index in [1.54, 1.807) is 6.20 Å². The van der Waals surface area contributed by atoms with Crippen LogP contribution in [0.3, 0.4) is 0 Å². The van der Waals surface area contributed by atoms with Gasteiger partial charge in [0.2, 0.25) is 17.7 Å². The summed E-state index contributed by atoms with van der Waals surface area (Å²) in [5.74, 6) is -3.81. The van der Waals surface area contributed by atoms with Crippen molar-refractivity contribution in [2.75, 3.05) is 13.2 Å². The Bertz CT molecular complexity index is 1390. The Balaban J connectivity index is 1.66. The smallest absolute Gasteiger partial charge is 0.326 e. The van der Waals surface area contributed by atoms with Crippen LogP contribution in [0, 0.1) is 0 Å². The fourth-order valence-corrected chi connectivity index (χ4v) is 4.23. The van der Waals surface area contributed by atoms with Gasteiger partial charge in [0.05, 0.1) is 19.0 Å². The number of aliphatic imine (C=N–C) groups is 1. The van der Waals surface area contributed by atoms with Gasteiger partial charge in [0, 0.05) is 42.0 Å². The highest BCUT2D eigenvalue weighted by Crippen LogP contribution is 2.18. The fraction of sp³-hybridized carbons (Fsp3) is 0.385. The molecule has 0 fully saturated rings. The SMILES string of the molecule is NC(N)=NCCCC(NC(=O)C(CO)NC(=O)C(Cc1cnc[nH]1)NC(=O)C(N)Cc1c[nH]c2ccccc12)C(=O)O. The molecule has 4 atom stereocenters. The van der Waals surface area contributed by atoms with Crippen LogP contribution in [0.4, 0.5) is 0 Å². The van der Waals surface area contributed by atoms with Crippen molar-refractivity contribution in [3.05, 3.63) is 54.2 Å². The number of aromatic amines is 2. The van der Waals surface area contributed by atoms with Crippen molar-refractivity contribution >= 4 is 40.6 Å². The van der Waals surface area contributed by atoms with E-state index in [1.807, 2.05) is 24.3 Å². The molecular weight excluding hydrogens is 548 g/mol. The molecule has 0 aliphatic carbocycles. The first-order valence-corrected chi connectivity index (χ1v) is 13.2. The first kappa shape index (κ1) is 31.6. The summed E-state index contributed by atoms with van der Waals surface area (Å²) in [5, 5.41) is 27.5. The Morgan fingerprint density at radius 2 is 1.64 bits per heavy atom. The van der Waals surface area contributed by atoms with Gasteiger partial charge in [-0.15, -0.1) is 0 Å². The van der Waals surface area contributed by atoms with Crippen molar-refractivity contribution in [3.8, 4) is 0 Å². The van der Waals surface area contributed by atoms with Crippen molar-refractivity contribution in [1.29, 1.82) is 0 Å². The molecule has 3 amide bonds. The molecule has 226 valence electrons. The van der Waals surface area contributed by atoms with Crippen LogP contribution < -0.4 is 33.2 Å². The monoisotopic (exact) mass is 584 g/mol. The van der Waals surface area contributed by atoms with Gasteiger partial charge < -0.3 is 53.3 Å². The van der Waals surface area contributed by atoms with Gasteiger partial charge in [-0.25, -0.2) is 9.78 Å². The number of fused-ring (bicyclic) bond motifs is 1. The van der Waals surface area contributed by atoms with Gasteiger partial charge in [0.15, 0.2) is 5.96 Å². The van der Waals surface area contributed by atoms with E-state index >= 15 is 0 Å². The van der Waals surface area contributed by atoms with Crippen LogP contribution in [0.1, 0.15) is 24.1 Å². The Morgan fingerprint density at radius 3 is 2.31 bits per heavy atom. The minimum atomic E-state index is -1.50. The number of nitrogens with zero attached hydrogens (tertiary/aromatic N) is 2. The summed E-state index contributed by atoms with van der Waals surface area (Å²) in [6, 6.07) is 2.52. The standard InChI is InChI=1S/C26H36N10O6/c27-17(8-14-10-32-18-5-2-1-4-16(14)18)22(38)35-20(9-15-11-30-13-33-15)23(39)36-21(12-37)24(40)34-19(25(41)42)6-3-7-31-26(28)29/h1-2,4-5,10-11,13,17,19-21,32,37H,3,6-9,12,27H2,(H,30,33)(H,34,40)(H,35,38)(H,36,39)(H,41,42)(H4,28,29,31). The third kappa shape index (κ3) is 9.03. The molecule has 0 radical (unpaired) electrons. The van der Waals surface area contributed by atoms with E-state index in [9.17, 15) is 29.4 Å². The van der Waals surface area contributed by atoms with Gasteiger partial charge in [0.1, 0.15) is 18.1 Å². The zero-order chi connectivity index (χ0) is 30.6. The van der Waals surface area contributed by atoms with Crippen LogP contribution >= 0.6 is 0 Å². The molecule has 0 bridgehead atoms. The van der Waals surface area contributed by atoms with Crippen LogP contribution in [-0.4, -0.2) is 92.1 Å². The van der Waals surface area contributed by atoms with E-state index in [2.05, 4.69) is 35.9 Å². The summed E-state index contributed by atoms with van der Waals surface area (Å²) in [6.07, 6.45) is 5.04. The number of para-hydroxylation sites is 1. The van der Waals surface area contributed by atoms with Crippen LogP contribution in [0.5, 0.6) is 0 Å². The zero-order valence-corrected chi connectivity index (χ0v) is 22.7. The number of carbonyl (C=O) groups is 4. The van der Waals surface area contributed by atoms with E-state index in [4.69, 9.17) is 17.2 Å². The van der Waals surface area contributed by atoms with Gasteiger partial charge in [-0.2, -0.15) is 0 Å². The Hall–Kier alpha value is -4.96. The number of H-pyrrole nitrogens is 2. The number of carbonyl (C=O) groups excluding carboxylic acids is 3. The quantitative estimate of drug-likeness (QED) is 0.0483. The molecule has 3 rings (SSSR count). The molecule has 13 N–H and O–H groups in total. The Morgan fingerprint density at radius 1 is 0.952 bits per heavy atom. The number of amides is 3. The third-order valence-corrected chi connectivity index (χ3v) is 6.44. The van der Waals surface area contributed by atoms with E-state index in [-0.39, 0.29) is 38.2 Å². The lowest BCUT2D eigenvalue weighted by atomic mass is 10.0. The predicted octanol–water partition coefficient (Wildman–Crippen LogP) is -2.41. The maximum atomic E-state index is 13.2. The number of benzene rings is 1. The molecule has 0 aliphatic rings. The molecule has 4 unspecified atom stereocenters. The number of nitrogens with two attached hydrogens (primary N) is 3. The second-order valence-electron chi connectivity index (χ2n) is 9.60. The Kier molecular flexibility index (Phi) is 11.4. The number of rotatable bonds is 16. The highest BCUT2D eigenvalue weighted by molar-refractivity contribution is 5.94. The number of aliphatic hydroxyl groups is 1. The lowest BCUT2D eigenvalue weighted by Gasteiger charge is -2.24. The first-order chi connectivity index (χ1) is 20.1. The number of nitrogens with one attached hydrogen (secondary N) is 5. The molecule has 0 saturated carbocycles. The van der Waals surface area contributed by atoms with E-state index in [0.29, 0.717) is 5.69 Å². The molecule has 1 aromatic carbocycles. The van der Waals surface area contributed by atoms with Gasteiger partial charge in [-0.3, -0.25) is 19.4 Å². The molecule has 16 nitrogen and oxygen atoms in total. The fourth-order valence-electron chi connectivity index (χ4n) is 4.23. The number of carboxylic acids is 1. The van der Waals surface area contributed by atoms with E-state index in [1.165, 1.54) is 12.5 Å². The maximum Gasteiger partial charge on any atom is 0.326 e.